The highest BCUT2D eigenvalue weighted by Crippen LogP contribution is 2.46. The Bertz CT molecular complexity index is 308. The fourth-order valence-electron chi connectivity index (χ4n) is 3.58. The maximum atomic E-state index is 12.8. The highest BCUT2D eigenvalue weighted by atomic mass is 16.5. The summed E-state index contributed by atoms with van der Waals surface area (Å²) in [5.74, 6) is 1.20. The Morgan fingerprint density at radius 2 is 2.05 bits per heavy atom. The Morgan fingerprint density at radius 3 is 2.55 bits per heavy atom. The van der Waals surface area contributed by atoms with Gasteiger partial charge in [0.2, 0.25) is 5.91 Å². The summed E-state index contributed by atoms with van der Waals surface area (Å²) in [4.78, 5) is 14.9. The van der Waals surface area contributed by atoms with Gasteiger partial charge in [-0.05, 0) is 58.0 Å². The van der Waals surface area contributed by atoms with Crippen molar-refractivity contribution in [2.24, 2.45) is 11.3 Å². The summed E-state index contributed by atoms with van der Waals surface area (Å²) in [7, 11) is 3.74. The molecule has 4 nitrogen and oxygen atoms in total. The molecule has 1 N–H and O–H groups in total. The van der Waals surface area contributed by atoms with Crippen molar-refractivity contribution in [1.29, 1.82) is 0 Å². The number of carbonyl (C=O) groups is 1. The Labute approximate surface area is 123 Å². The molecule has 1 saturated heterocycles. The van der Waals surface area contributed by atoms with Crippen molar-refractivity contribution in [2.75, 3.05) is 40.4 Å². The minimum absolute atomic E-state index is 0.0756. The Kier molecular flexibility index (Phi) is 5.85. The van der Waals surface area contributed by atoms with Crippen molar-refractivity contribution in [3.8, 4) is 0 Å². The van der Waals surface area contributed by atoms with E-state index in [0.29, 0.717) is 12.5 Å². The molecular weight excluding hydrogens is 252 g/mol. The first-order chi connectivity index (χ1) is 9.72. The van der Waals surface area contributed by atoms with Gasteiger partial charge in [0, 0.05) is 26.8 Å². The highest BCUT2D eigenvalue weighted by molar-refractivity contribution is 5.83. The molecule has 1 saturated carbocycles. The maximum absolute atomic E-state index is 12.8. The van der Waals surface area contributed by atoms with Crippen LogP contribution in [0, 0.1) is 11.3 Å². The summed E-state index contributed by atoms with van der Waals surface area (Å²) in [6.07, 6.45) is 7.83. The van der Waals surface area contributed by atoms with Gasteiger partial charge in [-0.25, -0.2) is 0 Å². The van der Waals surface area contributed by atoms with E-state index in [1.165, 1.54) is 25.7 Å². The molecule has 2 rings (SSSR count). The third-order valence-electron chi connectivity index (χ3n) is 5.25. The Balaban J connectivity index is 1.81. The molecule has 1 aliphatic heterocycles. The molecule has 1 heterocycles. The fraction of sp³-hybridized carbons (Fsp3) is 0.938. The Morgan fingerprint density at radius 1 is 1.35 bits per heavy atom. The average Bonchev–Trinajstić information content (AvgIpc) is 2.44. The molecule has 4 heteroatoms. The summed E-state index contributed by atoms with van der Waals surface area (Å²) in [5.41, 5.74) is -0.0756. The van der Waals surface area contributed by atoms with E-state index in [1.54, 1.807) is 7.11 Å². The number of hydrogen-bond acceptors (Lipinski definition) is 3. The second-order valence-electron chi connectivity index (χ2n) is 6.50. The lowest BCUT2D eigenvalue weighted by Crippen LogP contribution is -2.50. The van der Waals surface area contributed by atoms with Crippen LogP contribution in [0.2, 0.25) is 0 Å². The van der Waals surface area contributed by atoms with Crippen LogP contribution in [0.3, 0.4) is 0 Å². The fourth-order valence-corrected chi connectivity index (χ4v) is 3.58. The van der Waals surface area contributed by atoms with Gasteiger partial charge >= 0.3 is 0 Å². The number of nitrogens with zero attached hydrogens (tertiary/aromatic N) is 1. The predicted octanol–water partition coefficient (Wildman–Crippen LogP) is 2.04. The molecule has 0 bridgehead atoms. The van der Waals surface area contributed by atoms with Crippen LogP contribution in [0.4, 0.5) is 0 Å². The van der Waals surface area contributed by atoms with Gasteiger partial charge in [0.25, 0.3) is 0 Å². The molecule has 0 aromatic rings. The molecule has 2 aliphatic rings. The van der Waals surface area contributed by atoms with Crippen LogP contribution in [-0.4, -0.2) is 51.2 Å². The van der Waals surface area contributed by atoms with E-state index in [9.17, 15) is 4.79 Å². The maximum Gasteiger partial charge on any atom is 0.228 e. The van der Waals surface area contributed by atoms with Gasteiger partial charge in [0.05, 0.1) is 5.41 Å². The lowest BCUT2D eigenvalue weighted by atomic mass is 9.65. The van der Waals surface area contributed by atoms with Crippen molar-refractivity contribution in [1.82, 2.24) is 10.2 Å². The smallest absolute Gasteiger partial charge is 0.228 e. The number of ether oxygens (including phenoxy) is 1. The second kappa shape index (κ2) is 7.41. The van der Waals surface area contributed by atoms with Crippen molar-refractivity contribution in [3.05, 3.63) is 0 Å². The third-order valence-corrected chi connectivity index (χ3v) is 5.25. The molecule has 0 spiro atoms. The zero-order valence-electron chi connectivity index (χ0n) is 13.1. The number of methoxy groups -OCH3 is 1. The van der Waals surface area contributed by atoms with Crippen LogP contribution in [-0.2, 0) is 9.53 Å². The number of hydrogen-bond donors (Lipinski definition) is 1. The summed E-state index contributed by atoms with van der Waals surface area (Å²) >= 11 is 0. The van der Waals surface area contributed by atoms with E-state index < -0.39 is 0 Å². The summed E-state index contributed by atoms with van der Waals surface area (Å²) < 4.78 is 5.19. The largest absolute Gasteiger partial charge is 0.385 e. The first-order valence-electron chi connectivity index (χ1n) is 8.15. The monoisotopic (exact) mass is 282 g/mol. The highest BCUT2D eigenvalue weighted by Gasteiger charge is 2.46. The van der Waals surface area contributed by atoms with Gasteiger partial charge < -0.3 is 15.0 Å². The topological polar surface area (TPSA) is 41.6 Å². The molecule has 1 amide bonds. The van der Waals surface area contributed by atoms with Crippen LogP contribution in [0.1, 0.15) is 44.9 Å². The number of rotatable bonds is 7. The third kappa shape index (κ3) is 3.53. The molecule has 0 radical (unpaired) electrons. The average molecular weight is 282 g/mol. The lowest BCUT2D eigenvalue weighted by molar-refractivity contribution is -0.150. The number of nitrogens with one attached hydrogen (secondary N) is 1. The predicted molar refractivity (Wildman–Crippen MR) is 80.6 cm³/mol. The minimum atomic E-state index is -0.0756. The van der Waals surface area contributed by atoms with Crippen molar-refractivity contribution in [3.63, 3.8) is 0 Å². The van der Waals surface area contributed by atoms with E-state index in [1.807, 2.05) is 7.05 Å². The molecule has 0 aromatic carbocycles. The van der Waals surface area contributed by atoms with Crippen molar-refractivity contribution >= 4 is 5.91 Å². The van der Waals surface area contributed by atoms with Crippen molar-refractivity contribution < 1.29 is 9.53 Å². The number of carbonyl (C=O) groups excluding carboxylic acids is 1. The van der Waals surface area contributed by atoms with Gasteiger partial charge in [-0.3, -0.25) is 4.79 Å². The summed E-state index contributed by atoms with van der Waals surface area (Å²) in [6, 6.07) is 0. The van der Waals surface area contributed by atoms with Gasteiger partial charge in [0.15, 0.2) is 0 Å². The zero-order chi connectivity index (χ0) is 14.4. The second-order valence-corrected chi connectivity index (χ2v) is 6.50. The Hall–Kier alpha value is -0.610. The quantitative estimate of drug-likeness (QED) is 0.777. The molecular formula is C16H30N2O2. The van der Waals surface area contributed by atoms with E-state index in [4.69, 9.17) is 4.74 Å². The van der Waals surface area contributed by atoms with Crippen LogP contribution in [0.5, 0.6) is 0 Å². The van der Waals surface area contributed by atoms with E-state index in [-0.39, 0.29) is 5.41 Å². The molecule has 116 valence electrons. The summed E-state index contributed by atoms with van der Waals surface area (Å²) in [5, 5.41) is 3.22. The lowest BCUT2D eigenvalue weighted by Gasteiger charge is -2.45. The van der Waals surface area contributed by atoms with Gasteiger partial charge in [-0.1, -0.05) is 6.42 Å². The van der Waals surface area contributed by atoms with E-state index in [2.05, 4.69) is 10.2 Å². The molecule has 2 fully saturated rings. The molecule has 1 aliphatic carbocycles. The van der Waals surface area contributed by atoms with Crippen LogP contribution >= 0.6 is 0 Å². The first-order valence-corrected chi connectivity index (χ1v) is 8.15. The van der Waals surface area contributed by atoms with E-state index >= 15 is 0 Å². The summed E-state index contributed by atoms with van der Waals surface area (Å²) in [6.45, 7) is 3.73. The standard InChI is InChI=1S/C16H30N2O2/c1-17-10-4-14-5-11-18(12-6-14)15(19)16(7-3-8-16)9-13-20-2/h14,17H,3-13H2,1-2H3. The minimum Gasteiger partial charge on any atom is -0.385 e. The zero-order valence-corrected chi connectivity index (χ0v) is 13.1. The molecule has 20 heavy (non-hydrogen) atoms. The van der Waals surface area contributed by atoms with Gasteiger partial charge in [-0.2, -0.15) is 0 Å². The normalized spacial score (nSPS) is 22.6. The number of likely N-dealkylation sites (tertiary alicyclic amines) is 1. The van der Waals surface area contributed by atoms with Crippen molar-refractivity contribution in [2.45, 2.75) is 44.9 Å². The molecule has 0 unspecified atom stereocenters. The van der Waals surface area contributed by atoms with E-state index in [0.717, 1.165) is 44.8 Å². The van der Waals surface area contributed by atoms with Crippen LogP contribution in [0.25, 0.3) is 0 Å². The first kappa shape index (κ1) is 15.8. The van der Waals surface area contributed by atoms with Crippen LogP contribution < -0.4 is 5.32 Å². The van der Waals surface area contributed by atoms with Gasteiger partial charge in [0.1, 0.15) is 0 Å². The molecule has 0 atom stereocenters. The SMILES string of the molecule is CNCCC1CCN(C(=O)C2(CCOC)CCC2)CC1. The van der Waals surface area contributed by atoms with Crippen LogP contribution in [0.15, 0.2) is 0 Å². The number of piperidine rings is 1. The van der Waals surface area contributed by atoms with Gasteiger partial charge in [-0.15, -0.1) is 0 Å². The molecule has 0 aromatic heterocycles. The number of amides is 1.